The Morgan fingerprint density at radius 3 is 2.92 bits per heavy atom. The Labute approximate surface area is 142 Å². The van der Waals surface area contributed by atoms with Crippen LogP contribution in [0.1, 0.15) is 44.1 Å². The minimum Gasteiger partial charge on any atom is -0.506 e. The first-order chi connectivity index (χ1) is 11.6. The van der Waals surface area contributed by atoms with Crippen molar-refractivity contribution >= 4 is 11.6 Å². The Balaban J connectivity index is 1.47. The maximum atomic E-state index is 11.5. The number of aliphatic hydroxyl groups is 1. The molecule has 1 aromatic rings. The van der Waals surface area contributed by atoms with Gasteiger partial charge in [-0.1, -0.05) is 12.8 Å². The SMILES string of the molecule is O=C1CCc2c(OCCCNC3CCCCC3O)ccc(O)c2N1. The summed E-state index contributed by atoms with van der Waals surface area (Å²) in [5, 5.41) is 25.9. The molecule has 2 unspecified atom stereocenters. The smallest absolute Gasteiger partial charge is 0.224 e. The molecule has 1 aliphatic carbocycles. The number of phenolic OH excluding ortho intramolecular Hbond substituents is 1. The number of amides is 1. The molecule has 24 heavy (non-hydrogen) atoms. The molecule has 0 radical (unpaired) electrons. The fourth-order valence-corrected chi connectivity index (χ4v) is 3.47. The Hall–Kier alpha value is -1.79. The molecule has 1 aliphatic heterocycles. The normalized spacial score (nSPS) is 23.5. The molecule has 3 rings (SSSR count). The van der Waals surface area contributed by atoms with Crippen molar-refractivity contribution in [2.45, 2.75) is 57.1 Å². The molecular weight excluding hydrogens is 308 g/mol. The molecule has 132 valence electrons. The predicted octanol–water partition coefficient (Wildman–Crippen LogP) is 1.94. The van der Waals surface area contributed by atoms with E-state index in [2.05, 4.69) is 10.6 Å². The number of aromatic hydroxyl groups is 1. The molecule has 1 aromatic carbocycles. The zero-order valence-electron chi connectivity index (χ0n) is 13.9. The van der Waals surface area contributed by atoms with Crippen LogP contribution in [0.25, 0.3) is 0 Å². The van der Waals surface area contributed by atoms with Gasteiger partial charge >= 0.3 is 0 Å². The van der Waals surface area contributed by atoms with Gasteiger partial charge in [-0.15, -0.1) is 0 Å². The van der Waals surface area contributed by atoms with Gasteiger partial charge in [-0.3, -0.25) is 4.79 Å². The summed E-state index contributed by atoms with van der Waals surface area (Å²) in [6, 6.07) is 3.51. The second-order valence-electron chi connectivity index (χ2n) is 6.60. The second-order valence-corrected chi connectivity index (χ2v) is 6.60. The van der Waals surface area contributed by atoms with Crippen LogP contribution in [0, 0.1) is 0 Å². The fourth-order valence-electron chi connectivity index (χ4n) is 3.47. The number of nitrogens with one attached hydrogen (secondary N) is 2. The Morgan fingerprint density at radius 1 is 1.25 bits per heavy atom. The number of ether oxygens (including phenoxy) is 1. The molecule has 1 saturated carbocycles. The summed E-state index contributed by atoms with van der Waals surface area (Å²) in [5.74, 6) is 0.726. The molecule has 4 N–H and O–H groups in total. The van der Waals surface area contributed by atoms with Crippen LogP contribution in [0.15, 0.2) is 12.1 Å². The average Bonchev–Trinajstić information content (AvgIpc) is 2.58. The lowest BCUT2D eigenvalue weighted by Gasteiger charge is -2.28. The highest BCUT2D eigenvalue weighted by Gasteiger charge is 2.23. The van der Waals surface area contributed by atoms with Gasteiger partial charge in [0, 0.05) is 18.0 Å². The number of benzene rings is 1. The number of carbonyl (C=O) groups excluding carboxylic acids is 1. The van der Waals surface area contributed by atoms with Crippen molar-refractivity contribution in [3.05, 3.63) is 17.7 Å². The van der Waals surface area contributed by atoms with Crippen molar-refractivity contribution in [3.8, 4) is 11.5 Å². The highest BCUT2D eigenvalue weighted by Crippen LogP contribution is 2.38. The Bertz CT molecular complexity index is 591. The minimum absolute atomic E-state index is 0.0785. The van der Waals surface area contributed by atoms with E-state index in [-0.39, 0.29) is 23.8 Å². The van der Waals surface area contributed by atoms with Crippen molar-refractivity contribution in [2.75, 3.05) is 18.5 Å². The highest BCUT2D eigenvalue weighted by molar-refractivity contribution is 5.96. The standard InChI is InChI=1S/C18H26N2O4/c21-14-5-2-1-4-13(14)19-10-3-11-24-16-8-7-15(22)18-12(16)6-9-17(23)20-18/h7-8,13-14,19,21-22H,1-6,9-11H2,(H,20,23). The number of hydrogen-bond acceptors (Lipinski definition) is 5. The molecule has 1 amide bonds. The first-order valence-corrected chi connectivity index (χ1v) is 8.84. The van der Waals surface area contributed by atoms with Gasteiger partial charge in [-0.2, -0.15) is 0 Å². The van der Waals surface area contributed by atoms with E-state index < -0.39 is 0 Å². The van der Waals surface area contributed by atoms with Crippen LogP contribution in [0.2, 0.25) is 0 Å². The van der Waals surface area contributed by atoms with Crippen LogP contribution in [0.5, 0.6) is 11.5 Å². The van der Waals surface area contributed by atoms with Crippen molar-refractivity contribution in [3.63, 3.8) is 0 Å². The number of carbonyl (C=O) groups is 1. The summed E-state index contributed by atoms with van der Waals surface area (Å²) < 4.78 is 5.85. The third-order valence-electron chi connectivity index (χ3n) is 4.83. The molecule has 1 heterocycles. The van der Waals surface area contributed by atoms with Crippen molar-refractivity contribution in [1.29, 1.82) is 0 Å². The van der Waals surface area contributed by atoms with Gasteiger partial charge in [-0.25, -0.2) is 0 Å². The van der Waals surface area contributed by atoms with Crippen LogP contribution in [-0.4, -0.2) is 41.4 Å². The lowest BCUT2D eigenvalue weighted by atomic mass is 9.92. The van der Waals surface area contributed by atoms with E-state index in [4.69, 9.17) is 4.74 Å². The lowest BCUT2D eigenvalue weighted by Crippen LogP contribution is -2.42. The van der Waals surface area contributed by atoms with Crippen LogP contribution in [0.3, 0.4) is 0 Å². The highest BCUT2D eigenvalue weighted by atomic mass is 16.5. The number of hydrogen-bond donors (Lipinski definition) is 4. The van der Waals surface area contributed by atoms with E-state index in [0.717, 1.165) is 43.5 Å². The molecule has 2 aliphatic rings. The maximum Gasteiger partial charge on any atom is 0.224 e. The van der Waals surface area contributed by atoms with E-state index in [1.54, 1.807) is 12.1 Å². The van der Waals surface area contributed by atoms with Gasteiger partial charge in [-0.05, 0) is 44.4 Å². The molecular formula is C18H26N2O4. The lowest BCUT2D eigenvalue weighted by molar-refractivity contribution is -0.116. The van der Waals surface area contributed by atoms with Crippen molar-refractivity contribution in [2.24, 2.45) is 0 Å². The van der Waals surface area contributed by atoms with Crippen LogP contribution in [0.4, 0.5) is 5.69 Å². The molecule has 0 bridgehead atoms. The Morgan fingerprint density at radius 2 is 2.08 bits per heavy atom. The molecule has 0 spiro atoms. The summed E-state index contributed by atoms with van der Waals surface area (Å²) in [7, 11) is 0. The predicted molar refractivity (Wildman–Crippen MR) is 91.4 cm³/mol. The first-order valence-electron chi connectivity index (χ1n) is 8.84. The van der Waals surface area contributed by atoms with Gasteiger partial charge < -0.3 is 25.6 Å². The first kappa shape index (κ1) is 17.0. The third-order valence-corrected chi connectivity index (χ3v) is 4.83. The Kier molecular flexibility index (Phi) is 5.58. The number of anilines is 1. The van der Waals surface area contributed by atoms with Crippen molar-refractivity contribution in [1.82, 2.24) is 5.32 Å². The summed E-state index contributed by atoms with van der Waals surface area (Å²) in [4.78, 5) is 11.5. The monoisotopic (exact) mass is 334 g/mol. The summed E-state index contributed by atoms with van der Waals surface area (Å²) in [6.45, 7) is 1.36. The summed E-state index contributed by atoms with van der Waals surface area (Å²) in [5.41, 5.74) is 1.34. The van der Waals surface area contributed by atoms with Gasteiger partial charge in [0.15, 0.2) is 0 Å². The summed E-state index contributed by atoms with van der Waals surface area (Å²) in [6.07, 6.45) is 5.82. The topological polar surface area (TPSA) is 90.8 Å². The third kappa shape index (κ3) is 3.99. The molecule has 1 fully saturated rings. The van der Waals surface area contributed by atoms with Crippen LogP contribution in [-0.2, 0) is 11.2 Å². The average molecular weight is 334 g/mol. The molecule has 6 nitrogen and oxygen atoms in total. The molecule has 0 aromatic heterocycles. The van der Waals surface area contributed by atoms with E-state index in [1.807, 2.05) is 0 Å². The molecule has 2 atom stereocenters. The van der Waals surface area contributed by atoms with Gasteiger partial charge in [0.2, 0.25) is 5.91 Å². The zero-order chi connectivity index (χ0) is 16.9. The number of fused-ring (bicyclic) bond motifs is 1. The second kappa shape index (κ2) is 7.85. The fraction of sp³-hybridized carbons (Fsp3) is 0.611. The largest absolute Gasteiger partial charge is 0.506 e. The summed E-state index contributed by atoms with van der Waals surface area (Å²) >= 11 is 0. The van der Waals surface area contributed by atoms with E-state index in [0.29, 0.717) is 25.1 Å². The zero-order valence-corrected chi connectivity index (χ0v) is 13.9. The van der Waals surface area contributed by atoms with E-state index in [1.165, 1.54) is 6.42 Å². The number of rotatable bonds is 6. The van der Waals surface area contributed by atoms with E-state index >= 15 is 0 Å². The van der Waals surface area contributed by atoms with E-state index in [9.17, 15) is 15.0 Å². The van der Waals surface area contributed by atoms with Gasteiger partial charge in [0.1, 0.15) is 11.5 Å². The van der Waals surface area contributed by atoms with Gasteiger partial charge in [0.25, 0.3) is 0 Å². The molecule has 0 saturated heterocycles. The van der Waals surface area contributed by atoms with Crippen LogP contribution >= 0.6 is 0 Å². The minimum atomic E-state index is -0.229. The number of phenols is 1. The quantitative estimate of drug-likeness (QED) is 0.471. The molecule has 6 heteroatoms. The maximum absolute atomic E-state index is 11.5. The van der Waals surface area contributed by atoms with Crippen molar-refractivity contribution < 1.29 is 19.7 Å². The number of aliphatic hydroxyl groups excluding tert-OH is 1. The van der Waals surface area contributed by atoms with Crippen LogP contribution < -0.4 is 15.4 Å². The van der Waals surface area contributed by atoms with Gasteiger partial charge in [0.05, 0.1) is 18.4 Å².